The number of nitrogens with zero attached hydrogens (tertiary/aromatic N) is 3. The number of imidazole rings is 1. The number of rotatable bonds is 7. The number of aromatic nitrogens is 2. The van der Waals surface area contributed by atoms with E-state index in [1.807, 2.05) is 48.7 Å². The molecule has 0 saturated heterocycles. The Hall–Kier alpha value is -3.25. The molecule has 0 unspecified atom stereocenters. The molecule has 4 rings (SSSR count). The lowest BCUT2D eigenvalue weighted by Crippen LogP contribution is -2.24. The Morgan fingerprint density at radius 1 is 1.07 bits per heavy atom. The van der Waals surface area contributed by atoms with E-state index in [9.17, 15) is 0 Å². The molecular weight excluding hydrogens is 352 g/mol. The Balaban J connectivity index is 1.83. The van der Waals surface area contributed by atoms with E-state index < -0.39 is 0 Å². The van der Waals surface area contributed by atoms with Gasteiger partial charge in [-0.1, -0.05) is 12.2 Å². The van der Waals surface area contributed by atoms with Crippen LogP contribution < -0.4 is 15.2 Å². The normalized spacial score (nSPS) is 13.0. The fourth-order valence-corrected chi connectivity index (χ4v) is 3.46. The summed E-state index contributed by atoms with van der Waals surface area (Å²) >= 11 is 0. The number of hydrogen-bond acceptors (Lipinski definition) is 5. The van der Waals surface area contributed by atoms with Gasteiger partial charge in [-0.15, -0.1) is 13.2 Å². The summed E-state index contributed by atoms with van der Waals surface area (Å²) < 4.78 is 13.5. The average molecular weight is 376 g/mol. The molecule has 3 aromatic rings. The minimum Gasteiger partial charge on any atom is -0.486 e. The van der Waals surface area contributed by atoms with Crippen molar-refractivity contribution < 1.29 is 9.47 Å². The van der Waals surface area contributed by atoms with Gasteiger partial charge in [-0.2, -0.15) is 0 Å². The highest BCUT2D eigenvalue weighted by Crippen LogP contribution is 2.36. The predicted octanol–water partition coefficient (Wildman–Crippen LogP) is 3.53. The predicted molar refractivity (Wildman–Crippen MR) is 112 cm³/mol. The molecule has 2 N–H and O–H groups in total. The molecule has 0 fully saturated rings. The second-order valence-corrected chi connectivity index (χ2v) is 6.73. The van der Waals surface area contributed by atoms with Gasteiger partial charge in [0.15, 0.2) is 11.5 Å². The zero-order valence-electron chi connectivity index (χ0n) is 15.8. The lowest BCUT2D eigenvalue weighted by atomic mass is 10.1. The van der Waals surface area contributed by atoms with Crippen LogP contribution in [0.15, 0.2) is 61.8 Å². The largest absolute Gasteiger partial charge is 0.486 e. The lowest BCUT2D eigenvalue weighted by molar-refractivity contribution is 0.171. The zero-order chi connectivity index (χ0) is 19.5. The molecule has 2 aromatic heterocycles. The number of fused-ring (bicyclic) bond motifs is 2. The summed E-state index contributed by atoms with van der Waals surface area (Å²) in [4.78, 5) is 7.12. The topological polar surface area (TPSA) is 65.0 Å². The first kappa shape index (κ1) is 18.1. The average Bonchev–Trinajstić information content (AvgIpc) is 3.05. The van der Waals surface area contributed by atoms with E-state index in [4.69, 9.17) is 20.2 Å². The quantitative estimate of drug-likeness (QED) is 0.639. The SMILES string of the molecule is C=CCN(CC=C)Cc1c(-c2ccc3c(c2)OCCO3)nc2ccc(N)cn12. The van der Waals surface area contributed by atoms with Crippen LogP contribution in [0.2, 0.25) is 0 Å². The summed E-state index contributed by atoms with van der Waals surface area (Å²) in [5.41, 5.74) is 10.5. The molecule has 0 saturated carbocycles. The van der Waals surface area contributed by atoms with Gasteiger partial charge in [-0.25, -0.2) is 4.98 Å². The third-order valence-electron chi connectivity index (χ3n) is 4.70. The van der Waals surface area contributed by atoms with Crippen LogP contribution in [0.4, 0.5) is 5.69 Å². The molecule has 0 amide bonds. The number of ether oxygens (including phenoxy) is 2. The first-order valence-corrected chi connectivity index (χ1v) is 9.30. The van der Waals surface area contributed by atoms with E-state index in [-0.39, 0.29) is 0 Å². The fourth-order valence-electron chi connectivity index (χ4n) is 3.46. The molecule has 144 valence electrons. The van der Waals surface area contributed by atoms with Crippen LogP contribution in [0.1, 0.15) is 5.69 Å². The van der Waals surface area contributed by atoms with Crippen LogP contribution in [-0.4, -0.2) is 40.6 Å². The van der Waals surface area contributed by atoms with E-state index in [0.29, 0.717) is 25.4 Å². The lowest BCUT2D eigenvalue weighted by Gasteiger charge is -2.20. The molecule has 1 aliphatic heterocycles. The molecule has 0 spiro atoms. The smallest absolute Gasteiger partial charge is 0.162 e. The molecule has 0 radical (unpaired) electrons. The second kappa shape index (κ2) is 7.78. The van der Waals surface area contributed by atoms with Crippen molar-refractivity contribution in [3.05, 3.63) is 67.5 Å². The van der Waals surface area contributed by atoms with Crippen LogP contribution >= 0.6 is 0 Å². The Morgan fingerprint density at radius 3 is 2.57 bits per heavy atom. The molecule has 6 nitrogen and oxygen atoms in total. The van der Waals surface area contributed by atoms with Gasteiger partial charge in [0.25, 0.3) is 0 Å². The van der Waals surface area contributed by atoms with Crippen molar-refractivity contribution in [2.75, 3.05) is 32.0 Å². The number of anilines is 1. The summed E-state index contributed by atoms with van der Waals surface area (Å²) in [7, 11) is 0. The van der Waals surface area contributed by atoms with Crippen molar-refractivity contribution in [3.63, 3.8) is 0 Å². The van der Waals surface area contributed by atoms with Crippen molar-refractivity contribution >= 4 is 11.3 Å². The van der Waals surface area contributed by atoms with Gasteiger partial charge < -0.3 is 19.6 Å². The van der Waals surface area contributed by atoms with Gasteiger partial charge in [0, 0.05) is 37.1 Å². The van der Waals surface area contributed by atoms with Gasteiger partial charge in [-0.05, 0) is 30.3 Å². The molecule has 0 atom stereocenters. The molecule has 6 heteroatoms. The maximum Gasteiger partial charge on any atom is 0.162 e. The van der Waals surface area contributed by atoms with E-state index in [2.05, 4.69) is 22.5 Å². The molecule has 0 bridgehead atoms. The van der Waals surface area contributed by atoms with Crippen LogP contribution in [0, 0.1) is 0 Å². The van der Waals surface area contributed by atoms with Crippen molar-refractivity contribution in [2.24, 2.45) is 0 Å². The molecule has 1 aliphatic rings. The molecule has 1 aromatic carbocycles. The summed E-state index contributed by atoms with van der Waals surface area (Å²) in [6, 6.07) is 9.76. The Bertz CT molecular complexity index is 1010. The number of pyridine rings is 1. The Morgan fingerprint density at radius 2 is 1.82 bits per heavy atom. The first-order chi connectivity index (χ1) is 13.7. The highest BCUT2D eigenvalue weighted by Gasteiger charge is 2.19. The molecule has 3 heterocycles. The van der Waals surface area contributed by atoms with Crippen LogP contribution in [0.3, 0.4) is 0 Å². The van der Waals surface area contributed by atoms with E-state index in [1.165, 1.54) is 0 Å². The minimum atomic E-state index is 0.553. The molecule has 0 aliphatic carbocycles. The maximum absolute atomic E-state index is 6.05. The summed E-state index contributed by atoms with van der Waals surface area (Å²) in [5.74, 6) is 1.52. The van der Waals surface area contributed by atoms with Crippen LogP contribution in [-0.2, 0) is 6.54 Å². The van der Waals surface area contributed by atoms with Gasteiger partial charge in [0.1, 0.15) is 18.9 Å². The monoisotopic (exact) mass is 376 g/mol. The van der Waals surface area contributed by atoms with Crippen LogP contribution in [0.5, 0.6) is 11.5 Å². The highest BCUT2D eigenvalue weighted by atomic mass is 16.6. The highest BCUT2D eigenvalue weighted by molar-refractivity contribution is 5.70. The fraction of sp³-hybridized carbons (Fsp3) is 0.227. The van der Waals surface area contributed by atoms with Crippen molar-refractivity contribution in [2.45, 2.75) is 6.54 Å². The minimum absolute atomic E-state index is 0.553. The third-order valence-corrected chi connectivity index (χ3v) is 4.70. The number of nitrogen functional groups attached to an aromatic ring is 1. The maximum atomic E-state index is 6.05. The number of hydrogen-bond donors (Lipinski definition) is 1. The van der Waals surface area contributed by atoms with Crippen LogP contribution in [0.25, 0.3) is 16.9 Å². The first-order valence-electron chi connectivity index (χ1n) is 9.30. The Kier molecular flexibility index (Phi) is 5.04. The van der Waals surface area contributed by atoms with Gasteiger partial charge in [0.2, 0.25) is 0 Å². The summed E-state index contributed by atoms with van der Waals surface area (Å²) in [5, 5.41) is 0. The standard InChI is InChI=1S/C22H24N4O2/c1-3-9-25(10-4-2)15-18-22(24-21-8-6-17(23)14-26(18)21)16-5-7-19-20(13-16)28-12-11-27-19/h3-8,13-14H,1-2,9-12,15,23H2. The van der Waals surface area contributed by atoms with E-state index in [1.54, 1.807) is 0 Å². The van der Waals surface area contributed by atoms with Gasteiger partial charge in [-0.3, -0.25) is 4.90 Å². The Labute approximate surface area is 164 Å². The second-order valence-electron chi connectivity index (χ2n) is 6.73. The molecular formula is C22H24N4O2. The summed E-state index contributed by atoms with van der Waals surface area (Å²) in [6.45, 7) is 11.1. The third kappa shape index (κ3) is 3.46. The van der Waals surface area contributed by atoms with Crippen molar-refractivity contribution in [1.29, 1.82) is 0 Å². The number of nitrogens with two attached hydrogens (primary N) is 1. The van der Waals surface area contributed by atoms with Gasteiger partial charge >= 0.3 is 0 Å². The molecule has 28 heavy (non-hydrogen) atoms. The van der Waals surface area contributed by atoms with E-state index in [0.717, 1.165) is 47.2 Å². The van der Waals surface area contributed by atoms with Crippen molar-refractivity contribution in [3.8, 4) is 22.8 Å². The summed E-state index contributed by atoms with van der Waals surface area (Å²) in [6.07, 6.45) is 5.70. The van der Waals surface area contributed by atoms with Gasteiger partial charge in [0.05, 0.1) is 11.4 Å². The number of benzene rings is 1. The zero-order valence-corrected chi connectivity index (χ0v) is 15.8. The van der Waals surface area contributed by atoms with E-state index >= 15 is 0 Å². The van der Waals surface area contributed by atoms with Crippen molar-refractivity contribution in [1.82, 2.24) is 14.3 Å².